The monoisotopic (exact) mass is 414 g/mol. The van der Waals surface area contributed by atoms with E-state index >= 15 is 0 Å². The van der Waals surface area contributed by atoms with Crippen LogP contribution in [0.5, 0.6) is 0 Å². The molecule has 1 aromatic carbocycles. The Hall–Kier alpha value is -3.78. The van der Waals surface area contributed by atoms with Gasteiger partial charge in [0.1, 0.15) is 5.69 Å². The average molecular weight is 414 g/mol. The van der Waals surface area contributed by atoms with Gasteiger partial charge < -0.3 is 10.3 Å². The highest BCUT2D eigenvalue weighted by Gasteiger charge is 2.15. The molecule has 0 saturated heterocycles. The largest absolute Gasteiger partial charge is 0.354 e. The van der Waals surface area contributed by atoms with Crippen LogP contribution < -0.4 is 10.9 Å². The number of imidazole rings is 1. The summed E-state index contributed by atoms with van der Waals surface area (Å²) < 4.78 is 1.82. The molecule has 4 heterocycles. The first kappa shape index (κ1) is 19.2. The molecule has 0 radical (unpaired) electrons. The number of carbonyl (C=O) groups is 1. The Morgan fingerprint density at radius 2 is 2.13 bits per heavy atom. The number of carbonyl (C=O) groups excluding carboxylic acids is 1. The lowest BCUT2D eigenvalue weighted by Crippen LogP contribution is -2.28. The van der Waals surface area contributed by atoms with E-state index < -0.39 is 0 Å². The van der Waals surface area contributed by atoms with Gasteiger partial charge in [0.05, 0.1) is 11.0 Å². The fourth-order valence-corrected chi connectivity index (χ4v) is 4.06. The van der Waals surface area contributed by atoms with Crippen LogP contribution >= 0.6 is 0 Å². The molecule has 3 aromatic heterocycles. The quantitative estimate of drug-likeness (QED) is 0.534. The second-order valence-electron chi connectivity index (χ2n) is 7.65. The molecule has 0 unspecified atom stereocenters. The number of pyridine rings is 1. The van der Waals surface area contributed by atoms with Crippen molar-refractivity contribution < 1.29 is 4.79 Å². The van der Waals surface area contributed by atoms with Gasteiger partial charge in [-0.1, -0.05) is 18.2 Å². The zero-order chi connectivity index (χ0) is 21.4. The van der Waals surface area contributed by atoms with Crippen LogP contribution in [0.4, 0.5) is 0 Å². The number of hydrogen-bond acceptors (Lipinski definition) is 5. The van der Waals surface area contributed by atoms with Gasteiger partial charge in [0.15, 0.2) is 0 Å². The van der Waals surface area contributed by atoms with Gasteiger partial charge in [-0.15, -0.1) is 0 Å². The summed E-state index contributed by atoms with van der Waals surface area (Å²) in [5, 5.41) is 2.58. The van der Waals surface area contributed by atoms with E-state index in [2.05, 4.69) is 37.3 Å². The number of nitrogens with one attached hydrogen (secondary N) is 2. The van der Waals surface area contributed by atoms with Crippen molar-refractivity contribution in [1.29, 1.82) is 0 Å². The predicted octanol–water partition coefficient (Wildman–Crippen LogP) is 2.22. The Balaban J connectivity index is 1.31. The molecule has 8 heteroatoms. The molecule has 4 aromatic rings. The van der Waals surface area contributed by atoms with Crippen LogP contribution in [-0.4, -0.2) is 50.3 Å². The second kappa shape index (κ2) is 7.81. The van der Waals surface area contributed by atoms with Crippen LogP contribution in [0, 0.1) is 0 Å². The van der Waals surface area contributed by atoms with E-state index in [-0.39, 0.29) is 11.5 Å². The van der Waals surface area contributed by atoms with E-state index in [0.29, 0.717) is 11.3 Å². The van der Waals surface area contributed by atoms with E-state index in [1.807, 2.05) is 22.6 Å². The number of rotatable bonds is 4. The first-order valence-corrected chi connectivity index (χ1v) is 10.2. The normalized spacial score (nSPS) is 14.7. The summed E-state index contributed by atoms with van der Waals surface area (Å²) in [5.41, 5.74) is 5.84. The van der Waals surface area contributed by atoms with E-state index in [1.54, 1.807) is 31.7 Å². The maximum absolute atomic E-state index is 12.2. The Morgan fingerprint density at radius 3 is 2.87 bits per heavy atom. The van der Waals surface area contributed by atoms with Gasteiger partial charge in [-0.2, -0.15) is 0 Å². The van der Waals surface area contributed by atoms with Gasteiger partial charge >= 0.3 is 0 Å². The van der Waals surface area contributed by atoms with E-state index in [4.69, 9.17) is 0 Å². The highest BCUT2D eigenvalue weighted by molar-refractivity contribution is 5.92. The molecule has 0 spiro atoms. The summed E-state index contributed by atoms with van der Waals surface area (Å²) in [4.78, 5) is 37.5. The Kier molecular flexibility index (Phi) is 4.83. The first-order valence-electron chi connectivity index (χ1n) is 10.2. The molecular weight excluding hydrogens is 392 g/mol. The minimum Gasteiger partial charge on any atom is -0.354 e. The molecule has 8 nitrogen and oxygen atoms in total. The Morgan fingerprint density at radius 1 is 1.23 bits per heavy atom. The van der Waals surface area contributed by atoms with E-state index in [9.17, 15) is 9.59 Å². The number of nitrogens with zero attached hydrogens (tertiary/aromatic N) is 4. The number of benzene rings is 1. The maximum atomic E-state index is 12.2. The van der Waals surface area contributed by atoms with Crippen molar-refractivity contribution in [3.63, 3.8) is 0 Å². The molecule has 31 heavy (non-hydrogen) atoms. The predicted molar refractivity (Wildman–Crippen MR) is 119 cm³/mol. The van der Waals surface area contributed by atoms with Crippen molar-refractivity contribution in [2.45, 2.75) is 13.0 Å². The lowest BCUT2D eigenvalue weighted by atomic mass is 10.0. The topological polar surface area (TPSA) is 95.4 Å². The summed E-state index contributed by atoms with van der Waals surface area (Å²) in [5.74, 6) is -0.180. The van der Waals surface area contributed by atoms with Gasteiger partial charge in [0.25, 0.3) is 11.5 Å². The molecule has 0 fully saturated rings. The molecule has 0 aliphatic carbocycles. The molecule has 0 saturated carbocycles. The summed E-state index contributed by atoms with van der Waals surface area (Å²) in [7, 11) is 1.60. The molecule has 1 aliphatic heterocycles. The Bertz CT molecular complexity index is 1370. The fraction of sp³-hybridized carbons (Fsp3) is 0.217. The number of aromatic amines is 1. The van der Waals surface area contributed by atoms with Crippen molar-refractivity contribution >= 4 is 28.2 Å². The van der Waals surface area contributed by atoms with Crippen molar-refractivity contribution in [3.05, 3.63) is 82.2 Å². The van der Waals surface area contributed by atoms with E-state index in [0.717, 1.165) is 48.2 Å². The molecule has 1 aliphatic rings. The SMILES string of the molecule is CNC(=O)c1ccc(C2=CCN(Cc3ccc4c(c3)[nH]c(=O)c3nccn34)CC2)cn1. The number of amides is 1. The van der Waals surface area contributed by atoms with Gasteiger partial charge in [-0.25, -0.2) is 4.98 Å². The second-order valence-corrected chi connectivity index (χ2v) is 7.65. The number of fused-ring (bicyclic) bond motifs is 3. The van der Waals surface area contributed by atoms with Crippen LogP contribution in [0.25, 0.3) is 22.3 Å². The minimum absolute atomic E-state index is 0.180. The standard InChI is InChI=1S/C23H22N6O2/c1-24-22(30)18-4-3-17(13-26-18)16-6-9-28(10-7-16)14-15-2-5-20-19(12-15)27-23(31)21-25-8-11-29(20)21/h2-6,8,11-13H,7,9-10,14H2,1H3,(H,24,30)(H,27,31). The summed E-state index contributed by atoms with van der Waals surface area (Å²) in [6.07, 6.45) is 8.35. The fourth-order valence-electron chi connectivity index (χ4n) is 4.06. The zero-order valence-electron chi connectivity index (χ0n) is 17.1. The maximum Gasteiger partial charge on any atom is 0.292 e. The van der Waals surface area contributed by atoms with Gasteiger partial charge in [0, 0.05) is 45.3 Å². The number of aromatic nitrogens is 4. The summed E-state index contributed by atoms with van der Waals surface area (Å²) >= 11 is 0. The van der Waals surface area contributed by atoms with Crippen LogP contribution in [0.3, 0.4) is 0 Å². The number of H-pyrrole nitrogens is 1. The molecule has 1 amide bonds. The lowest BCUT2D eigenvalue weighted by molar-refractivity contribution is 0.0958. The summed E-state index contributed by atoms with van der Waals surface area (Å²) in [6, 6.07) is 9.88. The number of hydrogen-bond donors (Lipinski definition) is 2. The highest BCUT2D eigenvalue weighted by atomic mass is 16.1. The smallest absolute Gasteiger partial charge is 0.292 e. The van der Waals surface area contributed by atoms with Crippen LogP contribution in [-0.2, 0) is 6.54 Å². The van der Waals surface area contributed by atoms with Gasteiger partial charge in [0.2, 0.25) is 5.65 Å². The van der Waals surface area contributed by atoms with Crippen LogP contribution in [0.15, 0.2) is 59.8 Å². The zero-order valence-corrected chi connectivity index (χ0v) is 17.1. The average Bonchev–Trinajstić information content (AvgIpc) is 3.30. The lowest BCUT2D eigenvalue weighted by Gasteiger charge is -2.26. The molecule has 2 N–H and O–H groups in total. The van der Waals surface area contributed by atoms with Crippen LogP contribution in [0.2, 0.25) is 0 Å². The molecule has 0 atom stereocenters. The Labute approximate surface area is 178 Å². The molecule has 0 bridgehead atoms. The van der Waals surface area contributed by atoms with Crippen molar-refractivity contribution in [1.82, 2.24) is 29.6 Å². The highest BCUT2D eigenvalue weighted by Crippen LogP contribution is 2.23. The minimum atomic E-state index is -0.184. The van der Waals surface area contributed by atoms with Gasteiger partial charge in [-0.05, 0) is 41.3 Å². The van der Waals surface area contributed by atoms with Crippen molar-refractivity contribution in [2.75, 3.05) is 20.1 Å². The van der Waals surface area contributed by atoms with Gasteiger partial charge in [-0.3, -0.25) is 23.9 Å². The van der Waals surface area contributed by atoms with Crippen molar-refractivity contribution in [3.8, 4) is 0 Å². The third kappa shape index (κ3) is 3.62. The third-order valence-electron chi connectivity index (χ3n) is 5.71. The third-order valence-corrected chi connectivity index (χ3v) is 5.71. The summed E-state index contributed by atoms with van der Waals surface area (Å²) in [6.45, 7) is 2.57. The van der Waals surface area contributed by atoms with E-state index in [1.165, 1.54) is 5.57 Å². The van der Waals surface area contributed by atoms with Crippen molar-refractivity contribution in [2.24, 2.45) is 0 Å². The molecular formula is C23H22N6O2. The molecule has 5 rings (SSSR count). The molecule has 156 valence electrons. The van der Waals surface area contributed by atoms with Crippen LogP contribution in [0.1, 0.15) is 28.0 Å². The first-order chi connectivity index (χ1) is 15.1.